The monoisotopic (exact) mass is 275 g/mol. The van der Waals surface area contributed by atoms with E-state index in [-0.39, 0.29) is 6.04 Å². The molecule has 3 rings (SSSR count). The normalized spacial score (nSPS) is 20.6. The Morgan fingerprint density at radius 1 is 1.50 bits per heavy atom. The molecule has 0 bridgehead atoms. The molecule has 0 radical (unpaired) electrons. The Kier molecular flexibility index (Phi) is 4.25. The molecule has 1 fully saturated rings. The Morgan fingerprint density at radius 2 is 2.45 bits per heavy atom. The number of aromatic nitrogens is 3. The van der Waals surface area contributed by atoms with Crippen molar-refractivity contribution in [3.8, 4) is 0 Å². The van der Waals surface area contributed by atoms with Crippen LogP contribution >= 0.6 is 0 Å². The summed E-state index contributed by atoms with van der Waals surface area (Å²) >= 11 is 0. The number of ether oxygens (including phenoxy) is 1. The third-order valence-corrected chi connectivity index (χ3v) is 3.97. The molecule has 1 saturated heterocycles. The van der Waals surface area contributed by atoms with Crippen LogP contribution < -0.4 is 11.3 Å². The lowest BCUT2D eigenvalue weighted by Crippen LogP contribution is -2.28. The number of hydrogen-bond acceptors (Lipinski definition) is 5. The Morgan fingerprint density at radius 3 is 3.25 bits per heavy atom. The van der Waals surface area contributed by atoms with Crippen molar-refractivity contribution in [3.05, 3.63) is 30.4 Å². The number of hydrogen-bond donors (Lipinski definition) is 2. The number of rotatable bonds is 6. The second-order valence-electron chi connectivity index (χ2n) is 5.29. The molecule has 0 amide bonds. The summed E-state index contributed by atoms with van der Waals surface area (Å²) in [4.78, 5) is 4.16. The minimum absolute atomic E-state index is 0.109. The fourth-order valence-corrected chi connectivity index (χ4v) is 2.87. The van der Waals surface area contributed by atoms with Crippen LogP contribution in [0.3, 0.4) is 0 Å². The third kappa shape index (κ3) is 2.82. The molecule has 0 aromatic carbocycles. The van der Waals surface area contributed by atoms with Gasteiger partial charge in [0.1, 0.15) is 0 Å². The van der Waals surface area contributed by atoms with Crippen LogP contribution in [-0.4, -0.2) is 27.3 Å². The maximum Gasteiger partial charge on any atom is 0.0893 e. The smallest absolute Gasteiger partial charge is 0.0893 e. The Balaban J connectivity index is 1.63. The lowest BCUT2D eigenvalue weighted by molar-refractivity contribution is 0.101. The van der Waals surface area contributed by atoms with Crippen LogP contribution in [0.1, 0.15) is 43.7 Å². The number of nitrogens with zero attached hydrogens (tertiary/aromatic N) is 3. The van der Waals surface area contributed by atoms with Gasteiger partial charge in [-0.2, -0.15) is 5.10 Å². The van der Waals surface area contributed by atoms with Gasteiger partial charge >= 0.3 is 0 Å². The zero-order valence-electron chi connectivity index (χ0n) is 11.5. The summed E-state index contributed by atoms with van der Waals surface area (Å²) in [5, 5.41) is 4.33. The first-order valence-corrected chi connectivity index (χ1v) is 7.23. The van der Waals surface area contributed by atoms with Crippen molar-refractivity contribution in [1.82, 2.24) is 20.0 Å². The van der Waals surface area contributed by atoms with Crippen molar-refractivity contribution < 1.29 is 4.74 Å². The van der Waals surface area contributed by atoms with Crippen molar-refractivity contribution in [3.63, 3.8) is 0 Å². The van der Waals surface area contributed by atoms with Gasteiger partial charge in [0, 0.05) is 30.6 Å². The zero-order valence-corrected chi connectivity index (χ0v) is 11.5. The maximum absolute atomic E-state index is 5.71. The highest BCUT2D eigenvalue weighted by molar-refractivity contribution is 5.53. The largest absolute Gasteiger partial charge is 0.378 e. The van der Waals surface area contributed by atoms with E-state index in [1.165, 1.54) is 12.8 Å². The van der Waals surface area contributed by atoms with Gasteiger partial charge in [-0.15, -0.1) is 0 Å². The lowest BCUT2D eigenvalue weighted by atomic mass is 10.0. The van der Waals surface area contributed by atoms with E-state index >= 15 is 0 Å². The van der Waals surface area contributed by atoms with Crippen molar-refractivity contribution >= 4 is 5.52 Å². The van der Waals surface area contributed by atoms with Crippen LogP contribution in [0.5, 0.6) is 0 Å². The van der Waals surface area contributed by atoms with E-state index in [4.69, 9.17) is 10.6 Å². The molecule has 108 valence electrons. The molecule has 3 heterocycles. The van der Waals surface area contributed by atoms with E-state index in [1.54, 1.807) is 6.20 Å². The summed E-state index contributed by atoms with van der Waals surface area (Å²) in [6.45, 7) is 0.920. The molecule has 3 N–H and O–H groups in total. The molecule has 2 atom stereocenters. The minimum atomic E-state index is 0.109. The number of fused-ring (bicyclic) bond motifs is 1. The molecule has 6 heteroatoms. The van der Waals surface area contributed by atoms with Gasteiger partial charge in [-0.05, 0) is 32.1 Å². The van der Waals surface area contributed by atoms with E-state index in [9.17, 15) is 0 Å². The third-order valence-electron chi connectivity index (χ3n) is 3.97. The molecule has 2 aromatic rings. The predicted molar refractivity (Wildman–Crippen MR) is 75.9 cm³/mol. The van der Waals surface area contributed by atoms with Gasteiger partial charge in [-0.1, -0.05) is 0 Å². The van der Waals surface area contributed by atoms with E-state index in [1.807, 2.05) is 23.1 Å². The first-order chi connectivity index (χ1) is 9.88. The Bertz CT molecular complexity index is 549. The van der Waals surface area contributed by atoms with Gasteiger partial charge in [0.25, 0.3) is 0 Å². The summed E-state index contributed by atoms with van der Waals surface area (Å²) in [7, 11) is 0. The van der Waals surface area contributed by atoms with Crippen LogP contribution in [0.4, 0.5) is 0 Å². The van der Waals surface area contributed by atoms with Gasteiger partial charge in [0.2, 0.25) is 0 Å². The summed E-state index contributed by atoms with van der Waals surface area (Å²) in [6, 6.07) is 0.109. The summed E-state index contributed by atoms with van der Waals surface area (Å²) in [5.41, 5.74) is 5.01. The van der Waals surface area contributed by atoms with E-state index in [0.29, 0.717) is 6.10 Å². The lowest BCUT2D eigenvalue weighted by Gasteiger charge is -2.16. The van der Waals surface area contributed by atoms with Crippen LogP contribution in [0.15, 0.2) is 24.8 Å². The quantitative estimate of drug-likeness (QED) is 0.618. The molecule has 0 spiro atoms. The first-order valence-electron chi connectivity index (χ1n) is 7.23. The average molecular weight is 275 g/mol. The van der Waals surface area contributed by atoms with Crippen LogP contribution in [0.25, 0.3) is 5.52 Å². The van der Waals surface area contributed by atoms with E-state index < -0.39 is 0 Å². The Hall–Kier alpha value is -1.50. The molecular formula is C14H21N5O. The Labute approximate surface area is 118 Å². The molecule has 1 aliphatic rings. The van der Waals surface area contributed by atoms with Crippen molar-refractivity contribution in [1.29, 1.82) is 0 Å². The average Bonchev–Trinajstić information content (AvgIpc) is 3.13. The summed E-state index contributed by atoms with van der Waals surface area (Å²) in [6.07, 6.45) is 13.3. The summed E-state index contributed by atoms with van der Waals surface area (Å²) in [5.74, 6) is 5.71. The molecule has 0 saturated carbocycles. The SMILES string of the molecule is NNC(CCCC1CCCO1)c1cnn2ccncc12. The highest BCUT2D eigenvalue weighted by Gasteiger charge is 2.18. The number of nitrogens with two attached hydrogens (primary N) is 1. The zero-order chi connectivity index (χ0) is 13.8. The van der Waals surface area contributed by atoms with Gasteiger partial charge in [0.05, 0.1) is 24.0 Å². The fraction of sp³-hybridized carbons (Fsp3) is 0.571. The standard InChI is InChI=1S/C14H21N5O/c15-18-13(5-1-3-11-4-2-8-20-11)12-9-17-19-7-6-16-10-14(12)19/h6-7,9-11,13,18H,1-5,8,15H2. The van der Waals surface area contributed by atoms with Gasteiger partial charge in [0.15, 0.2) is 0 Å². The molecular weight excluding hydrogens is 254 g/mol. The number of hydrazine groups is 1. The molecule has 1 aliphatic heterocycles. The van der Waals surface area contributed by atoms with Crippen molar-refractivity contribution in [2.45, 2.75) is 44.2 Å². The first kappa shape index (κ1) is 13.5. The minimum Gasteiger partial charge on any atom is -0.378 e. The fourth-order valence-electron chi connectivity index (χ4n) is 2.87. The molecule has 0 aliphatic carbocycles. The summed E-state index contributed by atoms with van der Waals surface area (Å²) < 4.78 is 7.48. The molecule has 2 aromatic heterocycles. The second-order valence-corrected chi connectivity index (χ2v) is 5.29. The van der Waals surface area contributed by atoms with E-state index in [2.05, 4.69) is 15.5 Å². The van der Waals surface area contributed by atoms with Crippen molar-refractivity contribution in [2.75, 3.05) is 6.61 Å². The van der Waals surface area contributed by atoms with Gasteiger partial charge < -0.3 is 4.74 Å². The molecule has 2 unspecified atom stereocenters. The van der Waals surface area contributed by atoms with E-state index in [0.717, 1.165) is 36.9 Å². The molecule has 6 nitrogen and oxygen atoms in total. The second kappa shape index (κ2) is 6.30. The van der Waals surface area contributed by atoms with Crippen LogP contribution in [0.2, 0.25) is 0 Å². The maximum atomic E-state index is 5.71. The van der Waals surface area contributed by atoms with Gasteiger partial charge in [-0.3, -0.25) is 16.3 Å². The van der Waals surface area contributed by atoms with Crippen molar-refractivity contribution in [2.24, 2.45) is 5.84 Å². The predicted octanol–water partition coefficient (Wildman–Crippen LogP) is 1.58. The topological polar surface area (TPSA) is 77.5 Å². The van der Waals surface area contributed by atoms with Crippen LogP contribution in [0, 0.1) is 0 Å². The number of nitrogens with one attached hydrogen (secondary N) is 1. The highest BCUT2D eigenvalue weighted by Crippen LogP contribution is 2.25. The van der Waals surface area contributed by atoms with Crippen LogP contribution in [-0.2, 0) is 4.74 Å². The van der Waals surface area contributed by atoms with Gasteiger partial charge in [-0.25, -0.2) is 4.52 Å². The highest BCUT2D eigenvalue weighted by atomic mass is 16.5. The molecule has 20 heavy (non-hydrogen) atoms.